The third kappa shape index (κ3) is 4.51. The molecule has 0 bridgehead atoms. The summed E-state index contributed by atoms with van der Waals surface area (Å²) < 4.78 is 7.98. The van der Waals surface area contributed by atoms with E-state index < -0.39 is 5.60 Å². The van der Waals surface area contributed by atoms with Crippen molar-refractivity contribution in [2.24, 2.45) is 0 Å². The molecule has 1 N–H and O–H groups in total. The maximum atomic E-state index is 12.6. The number of imidazole rings is 1. The number of morpholine rings is 1. The van der Waals surface area contributed by atoms with Gasteiger partial charge in [0.1, 0.15) is 11.4 Å². The van der Waals surface area contributed by atoms with E-state index in [4.69, 9.17) is 4.74 Å². The second-order valence-electron chi connectivity index (χ2n) is 6.94. The Bertz CT molecular complexity index is 716. The molecule has 140 valence electrons. The van der Waals surface area contributed by atoms with Crippen LogP contribution >= 0.6 is 0 Å². The van der Waals surface area contributed by atoms with Gasteiger partial charge in [-0.3, -0.25) is 4.79 Å². The first-order valence-electron chi connectivity index (χ1n) is 9.16. The third-order valence-electron chi connectivity index (χ3n) is 4.97. The van der Waals surface area contributed by atoms with E-state index in [-0.39, 0.29) is 12.5 Å². The molecule has 6 heteroatoms. The fraction of sp³-hybridized carbons (Fsp3) is 0.500. The second kappa shape index (κ2) is 8.47. The summed E-state index contributed by atoms with van der Waals surface area (Å²) in [5.74, 6) is 1.09. The molecule has 1 aromatic carbocycles. The summed E-state index contributed by atoms with van der Waals surface area (Å²) in [6, 6.07) is 9.97. The van der Waals surface area contributed by atoms with Crippen LogP contribution in [0.25, 0.3) is 0 Å². The van der Waals surface area contributed by atoms with Crippen molar-refractivity contribution < 1.29 is 14.6 Å². The first-order valence-corrected chi connectivity index (χ1v) is 9.16. The Balaban J connectivity index is 1.56. The Morgan fingerprint density at radius 2 is 2.15 bits per heavy atom. The van der Waals surface area contributed by atoms with Crippen molar-refractivity contribution in [1.82, 2.24) is 14.5 Å². The molecule has 1 aliphatic heterocycles. The van der Waals surface area contributed by atoms with Crippen LogP contribution < -0.4 is 0 Å². The number of aryl methyl sites for hydroxylation is 2. The van der Waals surface area contributed by atoms with Gasteiger partial charge in [0.25, 0.3) is 0 Å². The lowest BCUT2D eigenvalue weighted by Gasteiger charge is -2.42. The highest BCUT2D eigenvalue weighted by atomic mass is 16.5. The molecule has 26 heavy (non-hydrogen) atoms. The number of aliphatic hydroxyl groups excluding tert-OH is 1. The van der Waals surface area contributed by atoms with Gasteiger partial charge in [-0.25, -0.2) is 4.98 Å². The van der Waals surface area contributed by atoms with E-state index in [1.165, 1.54) is 0 Å². The van der Waals surface area contributed by atoms with Gasteiger partial charge in [-0.1, -0.05) is 30.3 Å². The summed E-state index contributed by atoms with van der Waals surface area (Å²) >= 11 is 0. The molecule has 1 saturated heterocycles. The van der Waals surface area contributed by atoms with Gasteiger partial charge in [0.05, 0.1) is 19.8 Å². The molecule has 0 unspecified atom stereocenters. The molecule has 0 aliphatic carbocycles. The van der Waals surface area contributed by atoms with Crippen LogP contribution in [0.5, 0.6) is 0 Å². The maximum absolute atomic E-state index is 12.6. The fourth-order valence-corrected chi connectivity index (χ4v) is 3.48. The van der Waals surface area contributed by atoms with Crippen molar-refractivity contribution in [3.63, 3.8) is 0 Å². The first-order chi connectivity index (χ1) is 12.6. The number of hydrogen-bond acceptors (Lipinski definition) is 4. The molecular weight excluding hydrogens is 330 g/mol. The van der Waals surface area contributed by atoms with E-state index in [9.17, 15) is 9.90 Å². The summed E-state index contributed by atoms with van der Waals surface area (Å²) in [5.41, 5.74) is 0.391. The number of aromatic nitrogens is 2. The van der Waals surface area contributed by atoms with Gasteiger partial charge in [-0.05, 0) is 18.9 Å². The smallest absolute Gasteiger partial charge is 0.222 e. The van der Waals surface area contributed by atoms with Crippen LogP contribution in [0, 0.1) is 6.92 Å². The van der Waals surface area contributed by atoms with Gasteiger partial charge in [-0.2, -0.15) is 0 Å². The van der Waals surface area contributed by atoms with Gasteiger partial charge < -0.3 is 19.3 Å². The molecule has 0 spiro atoms. The van der Waals surface area contributed by atoms with E-state index in [1.807, 2.05) is 48.4 Å². The highest BCUT2D eigenvalue weighted by Gasteiger charge is 2.37. The number of carbonyl (C=O) groups excluding carboxylic acids is 1. The Kier molecular flexibility index (Phi) is 6.06. The number of benzene rings is 1. The monoisotopic (exact) mass is 357 g/mol. The minimum absolute atomic E-state index is 0.0973. The maximum Gasteiger partial charge on any atom is 0.222 e. The van der Waals surface area contributed by atoms with Crippen molar-refractivity contribution in [3.05, 3.63) is 54.1 Å². The van der Waals surface area contributed by atoms with Crippen LogP contribution in [0.15, 0.2) is 42.7 Å². The molecule has 1 fully saturated rings. The minimum atomic E-state index is -0.712. The van der Waals surface area contributed by atoms with E-state index >= 15 is 0 Å². The zero-order chi connectivity index (χ0) is 18.4. The molecular formula is C20H27N3O3. The average molecular weight is 357 g/mol. The average Bonchev–Trinajstić information content (AvgIpc) is 3.07. The Morgan fingerprint density at radius 1 is 1.35 bits per heavy atom. The summed E-state index contributed by atoms with van der Waals surface area (Å²) in [5, 5.41) is 9.96. The lowest BCUT2D eigenvalue weighted by atomic mass is 9.93. The van der Waals surface area contributed by atoms with E-state index in [0.29, 0.717) is 32.5 Å². The number of aliphatic hydroxyl groups is 1. The number of nitrogens with zero attached hydrogens (tertiary/aromatic N) is 3. The molecule has 1 aliphatic rings. The van der Waals surface area contributed by atoms with Crippen LogP contribution in [0.4, 0.5) is 0 Å². The van der Waals surface area contributed by atoms with Crippen LogP contribution in [0.1, 0.15) is 24.2 Å². The molecule has 1 amide bonds. The van der Waals surface area contributed by atoms with E-state index in [0.717, 1.165) is 24.4 Å². The van der Waals surface area contributed by atoms with Crippen LogP contribution in [-0.2, 0) is 22.5 Å². The standard InChI is InChI=1S/C20H27N3O3/c1-17-21-9-11-22(17)10-5-8-19(25)23-12-13-26-20(15-23,16-24)14-18-6-3-2-4-7-18/h2-4,6-7,9,11,24H,5,8,10,12-16H2,1H3/t20-/m0/s1. The van der Waals surface area contributed by atoms with Gasteiger partial charge >= 0.3 is 0 Å². The normalized spacial score (nSPS) is 20.3. The summed E-state index contributed by atoms with van der Waals surface area (Å²) in [6.45, 7) is 4.13. The van der Waals surface area contributed by atoms with Gasteiger partial charge in [0.2, 0.25) is 5.91 Å². The zero-order valence-corrected chi connectivity index (χ0v) is 15.3. The highest BCUT2D eigenvalue weighted by Crippen LogP contribution is 2.23. The topological polar surface area (TPSA) is 67.6 Å². The Labute approximate surface area is 154 Å². The SMILES string of the molecule is Cc1nccn1CCCC(=O)N1CCO[C@@](CO)(Cc2ccccc2)C1. The number of carbonyl (C=O) groups is 1. The number of hydrogen-bond donors (Lipinski definition) is 1. The molecule has 1 aromatic heterocycles. The predicted molar refractivity (Wildman–Crippen MR) is 98.7 cm³/mol. The van der Waals surface area contributed by atoms with E-state index in [1.54, 1.807) is 6.20 Å². The van der Waals surface area contributed by atoms with Crippen molar-refractivity contribution in [1.29, 1.82) is 0 Å². The highest BCUT2D eigenvalue weighted by molar-refractivity contribution is 5.76. The molecule has 2 heterocycles. The van der Waals surface area contributed by atoms with Crippen molar-refractivity contribution in [2.75, 3.05) is 26.3 Å². The van der Waals surface area contributed by atoms with Gasteiger partial charge in [-0.15, -0.1) is 0 Å². The lowest BCUT2D eigenvalue weighted by Crippen LogP contribution is -2.56. The second-order valence-corrected chi connectivity index (χ2v) is 6.94. The van der Waals surface area contributed by atoms with Gasteiger partial charge in [0, 0.05) is 38.3 Å². The number of rotatable bonds is 7. The number of amides is 1. The molecule has 1 atom stereocenters. The summed E-state index contributed by atoms with van der Waals surface area (Å²) in [4.78, 5) is 18.7. The van der Waals surface area contributed by atoms with Gasteiger partial charge in [0.15, 0.2) is 0 Å². The molecule has 0 radical (unpaired) electrons. The van der Waals surface area contributed by atoms with Crippen molar-refractivity contribution >= 4 is 5.91 Å². The first kappa shape index (κ1) is 18.6. The van der Waals surface area contributed by atoms with E-state index in [2.05, 4.69) is 9.55 Å². The Hall–Kier alpha value is -2.18. The third-order valence-corrected chi connectivity index (χ3v) is 4.97. The van der Waals surface area contributed by atoms with Crippen molar-refractivity contribution in [3.8, 4) is 0 Å². The zero-order valence-electron chi connectivity index (χ0n) is 15.3. The number of ether oxygens (including phenoxy) is 1. The molecule has 6 nitrogen and oxygen atoms in total. The molecule has 0 saturated carbocycles. The molecule has 2 aromatic rings. The lowest BCUT2D eigenvalue weighted by molar-refractivity contribution is -0.158. The summed E-state index contributed by atoms with van der Waals surface area (Å²) in [7, 11) is 0. The fourth-order valence-electron chi connectivity index (χ4n) is 3.48. The van der Waals surface area contributed by atoms with Crippen LogP contribution in [0.2, 0.25) is 0 Å². The quantitative estimate of drug-likeness (QED) is 0.821. The van der Waals surface area contributed by atoms with Crippen molar-refractivity contribution in [2.45, 2.75) is 38.3 Å². The molecule has 3 rings (SSSR count). The largest absolute Gasteiger partial charge is 0.393 e. The predicted octanol–water partition coefficient (Wildman–Crippen LogP) is 1.80. The summed E-state index contributed by atoms with van der Waals surface area (Å²) in [6.07, 6.45) is 5.58. The van der Waals surface area contributed by atoms with Crippen LogP contribution in [-0.4, -0.2) is 57.4 Å². The van der Waals surface area contributed by atoms with Crippen LogP contribution in [0.3, 0.4) is 0 Å². The Morgan fingerprint density at radius 3 is 2.85 bits per heavy atom. The minimum Gasteiger partial charge on any atom is -0.393 e.